The number of esters is 2. The van der Waals surface area contributed by atoms with E-state index in [0.29, 0.717) is 30.1 Å². The molecule has 52 heavy (non-hydrogen) atoms. The highest BCUT2D eigenvalue weighted by Crippen LogP contribution is 2.77. The van der Waals surface area contributed by atoms with Crippen LogP contribution in [0.25, 0.3) is 0 Å². The number of hydrogen-bond acceptors (Lipinski definition) is 5. The number of amides is 1. The van der Waals surface area contributed by atoms with E-state index in [0.717, 1.165) is 44.1 Å². The first-order valence-corrected chi connectivity index (χ1v) is 20.7. The lowest BCUT2D eigenvalue weighted by atomic mass is 9.32. The highest BCUT2D eigenvalue weighted by molar-refractivity contribution is 5.85. The van der Waals surface area contributed by atoms with Gasteiger partial charge in [0, 0.05) is 18.4 Å². The molecule has 12 unspecified atom stereocenters. The number of ether oxygens (including phenoxy) is 2. The molecule has 0 aliphatic heterocycles. The lowest BCUT2D eigenvalue weighted by Crippen LogP contribution is -2.68. The third-order valence-electron chi connectivity index (χ3n) is 17.8. The summed E-state index contributed by atoms with van der Waals surface area (Å²) in [6.45, 7) is 25.4. The largest absolute Gasteiger partial charge is 0.462 e. The van der Waals surface area contributed by atoms with E-state index >= 15 is 0 Å². The van der Waals surface area contributed by atoms with Gasteiger partial charge in [-0.1, -0.05) is 91.0 Å². The third kappa shape index (κ3) is 5.40. The van der Waals surface area contributed by atoms with Gasteiger partial charge in [0.1, 0.15) is 12.7 Å². The van der Waals surface area contributed by atoms with Crippen LogP contribution in [0.15, 0.2) is 42.5 Å². The molecular weight excluding hydrogens is 647 g/mol. The van der Waals surface area contributed by atoms with Crippen LogP contribution in [-0.4, -0.2) is 30.0 Å². The number of allylic oxidation sites excluding steroid dienone is 1. The van der Waals surface area contributed by atoms with E-state index in [-0.39, 0.29) is 75.5 Å². The van der Waals surface area contributed by atoms with Crippen molar-refractivity contribution in [1.29, 1.82) is 0 Å². The van der Waals surface area contributed by atoms with E-state index in [1.807, 2.05) is 30.3 Å². The fraction of sp³-hybridized carbons (Fsp3) is 0.761. The average Bonchev–Trinajstić information content (AvgIpc) is 3.49. The van der Waals surface area contributed by atoms with Gasteiger partial charge in [0.25, 0.3) is 0 Å². The number of rotatable bonds is 7. The molecule has 1 aromatic carbocycles. The number of fused-ring (bicyclic) bond motifs is 7. The number of carbonyl (C=O) groups is 3. The van der Waals surface area contributed by atoms with Gasteiger partial charge in [0.05, 0.1) is 11.3 Å². The molecule has 0 bridgehead atoms. The van der Waals surface area contributed by atoms with E-state index in [1.54, 1.807) is 6.92 Å². The summed E-state index contributed by atoms with van der Waals surface area (Å²) in [6, 6.07) is 9.79. The fourth-order valence-electron chi connectivity index (χ4n) is 14.6. The maximum atomic E-state index is 14.9. The zero-order valence-electron chi connectivity index (χ0n) is 33.7. The van der Waals surface area contributed by atoms with Crippen LogP contribution in [0, 0.1) is 68.0 Å². The predicted octanol–water partition coefficient (Wildman–Crippen LogP) is 9.85. The van der Waals surface area contributed by atoms with E-state index in [2.05, 4.69) is 67.3 Å². The zero-order valence-corrected chi connectivity index (χ0v) is 33.7. The summed E-state index contributed by atoms with van der Waals surface area (Å²) in [7, 11) is 0. The molecule has 6 fully saturated rings. The molecule has 6 heteroatoms. The first-order chi connectivity index (χ1) is 24.3. The highest BCUT2D eigenvalue weighted by atomic mass is 16.5. The zero-order chi connectivity index (χ0) is 37.6. The Hall–Kier alpha value is -2.63. The molecule has 0 spiro atoms. The van der Waals surface area contributed by atoms with E-state index < -0.39 is 5.41 Å². The molecule has 0 saturated heterocycles. The van der Waals surface area contributed by atoms with Gasteiger partial charge in [-0.3, -0.25) is 14.4 Å². The minimum Gasteiger partial charge on any atom is -0.462 e. The molecule has 1 aromatic rings. The van der Waals surface area contributed by atoms with Crippen molar-refractivity contribution in [2.45, 2.75) is 152 Å². The lowest BCUT2D eigenvalue weighted by Gasteiger charge is -2.73. The van der Waals surface area contributed by atoms with Gasteiger partial charge in [-0.25, -0.2) is 0 Å². The average molecular weight is 714 g/mol. The van der Waals surface area contributed by atoms with Crippen LogP contribution in [0.2, 0.25) is 0 Å². The summed E-state index contributed by atoms with van der Waals surface area (Å²) in [4.78, 5) is 40.2. The van der Waals surface area contributed by atoms with Crippen molar-refractivity contribution in [3.8, 4) is 0 Å². The Bertz CT molecular complexity index is 1600. The highest BCUT2D eigenvalue weighted by Gasteiger charge is 2.72. The first kappa shape index (κ1) is 37.7. The minimum absolute atomic E-state index is 0.0150. The molecule has 286 valence electrons. The van der Waals surface area contributed by atoms with Crippen molar-refractivity contribution in [2.24, 2.45) is 68.0 Å². The Kier molecular flexibility index (Phi) is 9.22. The topological polar surface area (TPSA) is 81.7 Å². The van der Waals surface area contributed by atoms with Gasteiger partial charge in [-0.2, -0.15) is 0 Å². The maximum Gasteiger partial charge on any atom is 0.309 e. The van der Waals surface area contributed by atoms with Gasteiger partial charge in [-0.15, -0.1) is 0 Å². The SMILES string of the molecule is C=C(C)C1CCC2(C(=O)NC3CC(C(=O)OCc4ccccc4)C3(C)C)CCC3(C)C(CCC4C5(C)CCC(OC(C)=O)C(C)(C)C5CCC43C)C12. The molecule has 1 N–H and O–H groups in total. The maximum absolute atomic E-state index is 14.9. The van der Waals surface area contributed by atoms with Crippen LogP contribution < -0.4 is 5.32 Å². The lowest BCUT2D eigenvalue weighted by molar-refractivity contribution is -0.249. The first-order valence-electron chi connectivity index (χ1n) is 20.7. The molecule has 1 amide bonds. The summed E-state index contributed by atoms with van der Waals surface area (Å²) in [5, 5.41) is 3.59. The van der Waals surface area contributed by atoms with E-state index in [9.17, 15) is 14.4 Å². The molecule has 6 aliphatic carbocycles. The van der Waals surface area contributed by atoms with Crippen LogP contribution in [0.4, 0.5) is 0 Å². The number of carbonyl (C=O) groups excluding carboxylic acids is 3. The van der Waals surface area contributed by atoms with Crippen molar-refractivity contribution in [1.82, 2.24) is 5.32 Å². The summed E-state index contributed by atoms with van der Waals surface area (Å²) < 4.78 is 11.7. The van der Waals surface area contributed by atoms with Crippen molar-refractivity contribution in [3.63, 3.8) is 0 Å². The molecule has 12 atom stereocenters. The van der Waals surface area contributed by atoms with Crippen LogP contribution in [0.1, 0.15) is 139 Å². The summed E-state index contributed by atoms with van der Waals surface area (Å²) in [6.07, 6.45) is 11.4. The van der Waals surface area contributed by atoms with E-state index in [1.165, 1.54) is 31.3 Å². The molecule has 7 rings (SSSR count). The Morgan fingerprint density at radius 1 is 0.788 bits per heavy atom. The second-order valence-electron chi connectivity index (χ2n) is 20.5. The van der Waals surface area contributed by atoms with Crippen molar-refractivity contribution in [2.75, 3.05) is 0 Å². The number of nitrogens with one attached hydrogen (secondary N) is 1. The number of benzene rings is 1. The van der Waals surface area contributed by atoms with Gasteiger partial charge >= 0.3 is 11.9 Å². The van der Waals surface area contributed by atoms with Crippen molar-refractivity contribution >= 4 is 17.8 Å². The molecule has 6 saturated carbocycles. The molecule has 0 heterocycles. The minimum atomic E-state index is -0.392. The van der Waals surface area contributed by atoms with Crippen LogP contribution in [-0.2, 0) is 30.5 Å². The van der Waals surface area contributed by atoms with Gasteiger partial charge in [0.15, 0.2) is 0 Å². The molecule has 6 aliphatic rings. The molecule has 6 nitrogen and oxygen atoms in total. The quantitative estimate of drug-likeness (QED) is 0.225. The molecule has 0 radical (unpaired) electrons. The summed E-state index contributed by atoms with van der Waals surface area (Å²) in [5.74, 6) is 1.93. The Morgan fingerprint density at radius 3 is 2.15 bits per heavy atom. The molecule has 0 aromatic heterocycles. The number of hydrogen-bond donors (Lipinski definition) is 1. The van der Waals surface area contributed by atoms with Gasteiger partial charge < -0.3 is 14.8 Å². The summed E-state index contributed by atoms with van der Waals surface area (Å²) >= 11 is 0. The van der Waals surface area contributed by atoms with Crippen molar-refractivity contribution in [3.05, 3.63) is 48.0 Å². The van der Waals surface area contributed by atoms with Crippen LogP contribution in [0.3, 0.4) is 0 Å². The standard InChI is InChI=1S/C46H67NO5/c1-28(2)31-18-23-46(40(50)47-36-26-33(41(36,4)5)39(49)51-27-30-14-12-11-13-15-30)25-24-44(9)32(38(31)46)16-17-35-43(8)21-20-37(52-29(3)48)42(6,7)34(43)19-22-45(35,44)10/h11-15,31-38H,1,16-27H2,2-10H3,(H,47,50). The second-order valence-corrected chi connectivity index (χ2v) is 20.5. The Morgan fingerprint density at radius 2 is 1.50 bits per heavy atom. The summed E-state index contributed by atoms with van der Waals surface area (Å²) in [5.41, 5.74) is 1.93. The molecular formula is C46H67NO5. The third-order valence-corrected chi connectivity index (χ3v) is 17.8. The van der Waals surface area contributed by atoms with Crippen molar-refractivity contribution < 1.29 is 23.9 Å². The monoisotopic (exact) mass is 714 g/mol. The normalized spacial score (nSPS) is 44.0. The van der Waals surface area contributed by atoms with Gasteiger partial charge in [0.2, 0.25) is 5.91 Å². The Labute approximate surface area is 314 Å². The van der Waals surface area contributed by atoms with E-state index in [4.69, 9.17) is 9.47 Å². The van der Waals surface area contributed by atoms with Crippen LogP contribution >= 0.6 is 0 Å². The smallest absolute Gasteiger partial charge is 0.309 e. The fourth-order valence-corrected chi connectivity index (χ4v) is 14.6. The van der Waals surface area contributed by atoms with Gasteiger partial charge in [-0.05, 0) is 134 Å². The second kappa shape index (κ2) is 12.7. The van der Waals surface area contributed by atoms with Crippen LogP contribution in [0.5, 0.6) is 0 Å². The predicted molar refractivity (Wildman–Crippen MR) is 205 cm³/mol. The Balaban J connectivity index is 1.11.